The summed E-state index contributed by atoms with van der Waals surface area (Å²) >= 11 is 3.19. The minimum Gasteiger partial charge on any atom is -0.361 e. The first-order valence-corrected chi connectivity index (χ1v) is 13.0. The number of fused-ring (bicyclic) bond motifs is 3. The minimum absolute atomic E-state index is 0.00127. The molecule has 2 aromatic rings. The van der Waals surface area contributed by atoms with E-state index in [1.54, 1.807) is 0 Å². The molecule has 3 heterocycles. The van der Waals surface area contributed by atoms with E-state index in [1.165, 1.54) is 12.1 Å². The number of rotatable bonds is 4. The molecule has 1 aliphatic carbocycles. The fourth-order valence-corrected chi connectivity index (χ4v) is 6.25. The quantitative estimate of drug-likeness (QED) is 0.501. The second-order valence-corrected chi connectivity index (χ2v) is 11.2. The molecule has 1 N–H and O–H groups in total. The highest BCUT2D eigenvalue weighted by Crippen LogP contribution is 2.48. The highest BCUT2D eigenvalue weighted by atomic mass is 79.9. The summed E-state index contributed by atoms with van der Waals surface area (Å²) in [5, 5.41) is 2.14. The van der Waals surface area contributed by atoms with Crippen molar-refractivity contribution < 1.29 is 17.9 Å². The average Bonchev–Trinajstić information content (AvgIpc) is 3.36. The summed E-state index contributed by atoms with van der Waals surface area (Å²) < 4.78 is 51.9. The van der Waals surface area contributed by atoms with Crippen LogP contribution in [0.4, 0.5) is 18.9 Å². The standard InChI is InChI=1S/C26H29BrF3N3O/c1-15-10-18-17(5-6-22-19(18)13-33(31-22)23-4-2-3-9-34-23)25(32(15)14-26(30)7-8-26)24-20(28)11-16(27)12-21(24)29/h5-6,11-12,15,23,25,31H,2-4,7-10,13-14H2,1H3/t15-,23?,25+/m1/s1. The van der Waals surface area contributed by atoms with E-state index >= 15 is 8.78 Å². The zero-order chi connectivity index (χ0) is 23.6. The van der Waals surface area contributed by atoms with Crippen LogP contribution in [0.2, 0.25) is 0 Å². The number of benzene rings is 2. The summed E-state index contributed by atoms with van der Waals surface area (Å²) in [7, 11) is 0. The Hall–Kier alpha value is -1.61. The number of anilines is 1. The Morgan fingerprint density at radius 3 is 2.59 bits per heavy atom. The highest BCUT2D eigenvalue weighted by Gasteiger charge is 2.49. The predicted octanol–water partition coefficient (Wildman–Crippen LogP) is 6.23. The molecule has 1 saturated heterocycles. The van der Waals surface area contributed by atoms with Gasteiger partial charge in [-0.25, -0.2) is 13.2 Å². The molecule has 1 saturated carbocycles. The molecule has 6 rings (SSSR count). The Balaban J connectivity index is 1.43. The molecular formula is C26H29BrF3N3O. The molecule has 4 aliphatic rings. The molecule has 2 aromatic carbocycles. The van der Waals surface area contributed by atoms with Crippen molar-refractivity contribution in [1.29, 1.82) is 0 Å². The van der Waals surface area contributed by atoms with Crippen LogP contribution in [0.1, 0.15) is 67.3 Å². The number of hydrogen-bond acceptors (Lipinski definition) is 4. The molecule has 182 valence electrons. The van der Waals surface area contributed by atoms with Crippen LogP contribution in [0.3, 0.4) is 0 Å². The first-order valence-electron chi connectivity index (χ1n) is 12.2. The molecule has 2 fully saturated rings. The van der Waals surface area contributed by atoms with Crippen molar-refractivity contribution in [2.45, 2.75) is 76.0 Å². The molecule has 3 aliphatic heterocycles. The van der Waals surface area contributed by atoms with Gasteiger partial charge in [0.1, 0.15) is 23.5 Å². The van der Waals surface area contributed by atoms with Crippen LogP contribution in [-0.4, -0.2) is 41.0 Å². The summed E-state index contributed by atoms with van der Waals surface area (Å²) in [6, 6.07) is 5.83. The predicted molar refractivity (Wildman–Crippen MR) is 128 cm³/mol. The lowest BCUT2D eigenvalue weighted by molar-refractivity contribution is -0.0756. The van der Waals surface area contributed by atoms with Crippen molar-refractivity contribution >= 4 is 21.6 Å². The van der Waals surface area contributed by atoms with Gasteiger partial charge in [0.25, 0.3) is 0 Å². The van der Waals surface area contributed by atoms with Crippen LogP contribution in [0.5, 0.6) is 0 Å². The van der Waals surface area contributed by atoms with Gasteiger partial charge in [-0.3, -0.25) is 4.90 Å². The van der Waals surface area contributed by atoms with Gasteiger partial charge in [0.2, 0.25) is 0 Å². The molecule has 1 unspecified atom stereocenters. The molecular weight excluding hydrogens is 507 g/mol. The van der Waals surface area contributed by atoms with Gasteiger partial charge in [0, 0.05) is 35.8 Å². The summed E-state index contributed by atoms with van der Waals surface area (Å²) in [4.78, 5) is 1.97. The van der Waals surface area contributed by atoms with Crippen LogP contribution >= 0.6 is 15.9 Å². The number of hydrazine groups is 1. The molecule has 3 atom stereocenters. The van der Waals surface area contributed by atoms with Crippen LogP contribution < -0.4 is 5.43 Å². The molecule has 0 bridgehead atoms. The van der Waals surface area contributed by atoms with Gasteiger partial charge in [-0.2, -0.15) is 5.01 Å². The Bertz CT molecular complexity index is 1100. The van der Waals surface area contributed by atoms with E-state index in [0.717, 1.165) is 48.2 Å². The fraction of sp³-hybridized carbons (Fsp3) is 0.538. The maximum atomic E-state index is 15.3. The zero-order valence-corrected chi connectivity index (χ0v) is 20.8. The number of ether oxygens (including phenoxy) is 1. The van der Waals surface area contributed by atoms with E-state index in [2.05, 4.69) is 26.4 Å². The second kappa shape index (κ2) is 8.50. The number of hydrogen-bond donors (Lipinski definition) is 1. The van der Waals surface area contributed by atoms with Gasteiger partial charge in [-0.05, 0) is 80.3 Å². The van der Waals surface area contributed by atoms with E-state index < -0.39 is 23.3 Å². The molecule has 4 nitrogen and oxygen atoms in total. The zero-order valence-electron chi connectivity index (χ0n) is 19.2. The van der Waals surface area contributed by atoms with Gasteiger partial charge in [0.15, 0.2) is 0 Å². The summed E-state index contributed by atoms with van der Waals surface area (Å²) in [5.74, 6) is -1.22. The number of nitrogens with zero attached hydrogens (tertiary/aromatic N) is 2. The maximum Gasteiger partial charge on any atom is 0.132 e. The lowest BCUT2D eigenvalue weighted by atomic mass is 9.81. The smallest absolute Gasteiger partial charge is 0.132 e. The first-order chi connectivity index (χ1) is 16.3. The highest BCUT2D eigenvalue weighted by molar-refractivity contribution is 9.10. The van der Waals surface area contributed by atoms with E-state index in [1.807, 2.05) is 24.0 Å². The Labute approximate surface area is 206 Å². The van der Waals surface area contributed by atoms with Gasteiger partial charge in [-0.1, -0.05) is 22.0 Å². The third-order valence-electron chi connectivity index (χ3n) is 7.83. The van der Waals surface area contributed by atoms with Crippen LogP contribution in [0, 0.1) is 11.6 Å². The monoisotopic (exact) mass is 535 g/mol. The number of alkyl halides is 1. The Kier molecular flexibility index (Phi) is 5.71. The topological polar surface area (TPSA) is 27.7 Å². The molecule has 34 heavy (non-hydrogen) atoms. The molecule has 8 heteroatoms. The lowest BCUT2D eigenvalue weighted by Crippen LogP contribution is -2.47. The third kappa shape index (κ3) is 3.96. The van der Waals surface area contributed by atoms with Crippen molar-refractivity contribution in [1.82, 2.24) is 9.91 Å². The van der Waals surface area contributed by atoms with Gasteiger partial charge >= 0.3 is 0 Å². The van der Waals surface area contributed by atoms with Crippen molar-refractivity contribution in [3.63, 3.8) is 0 Å². The maximum absolute atomic E-state index is 15.3. The van der Waals surface area contributed by atoms with E-state index in [0.29, 0.717) is 30.3 Å². The molecule has 0 radical (unpaired) electrons. The van der Waals surface area contributed by atoms with Gasteiger partial charge in [-0.15, -0.1) is 0 Å². The SMILES string of the molecule is C[C@@H]1Cc2c(ccc3c2CN(C2CCCCO2)N3)[C@@H](c2c(F)cc(Br)cc2F)N1CC1(F)CC1. The molecule has 0 aromatic heterocycles. The number of halogens is 4. The van der Waals surface area contributed by atoms with E-state index in [-0.39, 0.29) is 24.4 Å². The van der Waals surface area contributed by atoms with Crippen LogP contribution in [-0.2, 0) is 17.7 Å². The molecule has 0 spiro atoms. The average molecular weight is 536 g/mol. The molecule has 0 amide bonds. The normalized spacial score (nSPS) is 28.3. The Morgan fingerprint density at radius 2 is 1.91 bits per heavy atom. The van der Waals surface area contributed by atoms with Crippen molar-refractivity contribution in [3.05, 3.63) is 62.6 Å². The largest absolute Gasteiger partial charge is 0.361 e. The minimum atomic E-state index is -1.26. The van der Waals surface area contributed by atoms with Gasteiger partial charge < -0.3 is 10.2 Å². The van der Waals surface area contributed by atoms with Crippen LogP contribution in [0.25, 0.3) is 0 Å². The lowest BCUT2D eigenvalue weighted by Gasteiger charge is -2.43. The van der Waals surface area contributed by atoms with Crippen molar-refractivity contribution in [2.24, 2.45) is 0 Å². The fourth-order valence-electron chi connectivity index (χ4n) is 5.85. The van der Waals surface area contributed by atoms with E-state index in [4.69, 9.17) is 4.74 Å². The van der Waals surface area contributed by atoms with Crippen molar-refractivity contribution in [2.75, 3.05) is 18.6 Å². The first kappa shape index (κ1) is 22.8. The van der Waals surface area contributed by atoms with Crippen LogP contribution in [0.15, 0.2) is 28.7 Å². The summed E-state index contributed by atoms with van der Waals surface area (Å²) in [6.07, 6.45) is 4.95. The Morgan fingerprint density at radius 1 is 1.15 bits per heavy atom. The third-order valence-corrected chi connectivity index (χ3v) is 8.29. The van der Waals surface area contributed by atoms with Crippen molar-refractivity contribution in [3.8, 4) is 0 Å². The number of nitrogens with one attached hydrogen (secondary N) is 1. The summed E-state index contributed by atoms with van der Waals surface area (Å²) in [5.41, 5.74) is 6.39. The summed E-state index contributed by atoms with van der Waals surface area (Å²) in [6.45, 7) is 3.67. The van der Waals surface area contributed by atoms with E-state index in [9.17, 15) is 4.39 Å². The van der Waals surface area contributed by atoms with Gasteiger partial charge in [0.05, 0.1) is 11.7 Å². The second-order valence-electron chi connectivity index (χ2n) is 10.3.